The van der Waals surface area contributed by atoms with Crippen LogP contribution in [-0.4, -0.2) is 21.5 Å². The summed E-state index contributed by atoms with van der Waals surface area (Å²) in [6.07, 6.45) is 1.93. The number of aryl methyl sites for hydroxylation is 1. The fourth-order valence-corrected chi connectivity index (χ4v) is 3.18. The number of benzene rings is 2. The van der Waals surface area contributed by atoms with Crippen LogP contribution in [-0.2, 0) is 6.54 Å². The Morgan fingerprint density at radius 1 is 1.15 bits per heavy atom. The molecule has 0 saturated heterocycles. The van der Waals surface area contributed by atoms with Gasteiger partial charge in [0.1, 0.15) is 5.75 Å². The van der Waals surface area contributed by atoms with Crippen molar-refractivity contribution in [1.82, 2.24) is 9.78 Å². The van der Waals surface area contributed by atoms with Gasteiger partial charge in [-0.05, 0) is 59.7 Å². The number of halogens is 1. The van der Waals surface area contributed by atoms with E-state index in [4.69, 9.17) is 17.0 Å². The highest BCUT2D eigenvalue weighted by molar-refractivity contribution is 9.10. The van der Waals surface area contributed by atoms with E-state index in [-0.39, 0.29) is 0 Å². The fraction of sp³-hybridized carbons (Fsp3) is 0.200. The van der Waals surface area contributed by atoms with Gasteiger partial charge in [-0.2, -0.15) is 5.10 Å². The lowest BCUT2D eigenvalue weighted by molar-refractivity contribution is 0.342. The molecule has 1 aromatic heterocycles. The monoisotopic (exact) mass is 444 g/mol. The van der Waals surface area contributed by atoms with Gasteiger partial charge < -0.3 is 15.4 Å². The van der Waals surface area contributed by atoms with Crippen LogP contribution in [0.3, 0.4) is 0 Å². The molecule has 0 unspecified atom stereocenters. The molecule has 0 aliphatic rings. The molecule has 0 bridgehead atoms. The van der Waals surface area contributed by atoms with Crippen molar-refractivity contribution >= 4 is 44.8 Å². The summed E-state index contributed by atoms with van der Waals surface area (Å²) in [6.45, 7) is 5.31. The number of nitrogens with one attached hydrogen (secondary N) is 2. The molecule has 3 rings (SSSR count). The van der Waals surface area contributed by atoms with Crippen LogP contribution in [0.15, 0.2) is 59.2 Å². The van der Waals surface area contributed by atoms with Crippen LogP contribution in [0, 0.1) is 6.92 Å². The van der Waals surface area contributed by atoms with E-state index < -0.39 is 0 Å². The van der Waals surface area contributed by atoms with Gasteiger partial charge in [0.15, 0.2) is 10.9 Å². The molecule has 0 atom stereocenters. The van der Waals surface area contributed by atoms with Gasteiger partial charge in [0.25, 0.3) is 0 Å². The average Bonchev–Trinajstić information content (AvgIpc) is 2.98. The van der Waals surface area contributed by atoms with E-state index in [9.17, 15) is 0 Å². The lowest BCUT2D eigenvalue weighted by atomic mass is 10.1. The highest BCUT2D eigenvalue weighted by atomic mass is 79.9. The first-order valence-corrected chi connectivity index (χ1v) is 9.83. The summed E-state index contributed by atoms with van der Waals surface area (Å²) in [5, 5.41) is 11.3. The average molecular weight is 445 g/mol. The lowest BCUT2D eigenvalue weighted by Gasteiger charge is -2.13. The minimum Gasteiger partial charge on any atom is -0.492 e. The fourth-order valence-electron chi connectivity index (χ4n) is 2.56. The van der Waals surface area contributed by atoms with Crippen molar-refractivity contribution in [2.45, 2.75) is 20.4 Å². The predicted octanol–water partition coefficient (Wildman–Crippen LogP) is 5.21. The minimum atomic E-state index is 0.448. The topological polar surface area (TPSA) is 51.1 Å². The molecule has 2 aromatic carbocycles. The summed E-state index contributed by atoms with van der Waals surface area (Å²) in [6, 6.07) is 16.1. The summed E-state index contributed by atoms with van der Waals surface area (Å²) in [5.41, 5.74) is 3.24. The van der Waals surface area contributed by atoms with Crippen LogP contribution < -0.4 is 15.4 Å². The molecule has 0 saturated carbocycles. The molecule has 0 fully saturated rings. The quantitative estimate of drug-likeness (QED) is 0.511. The summed E-state index contributed by atoms with van der Waals surface area (Å²) in [5.74, 6) is 1.42. The number of anilines is 2. The Balaban J connectivity index is 1.66. The second-order valence-corrected chi connectivity index (χ2v) is 7.28. The van der Waals surface area contributed by atoms with E-state index >= 15 is 0 Å². The summed E-state index contributed by atoms with van der Waals surface area (Å²) in [4.78, 5) is 0. The van der Waals surface area contributed by atoms with Crippen LogP contribution in [0.4, 0.5) is 11.5 Å². The molecule has 2 N–H and O–H groups in total. The Kier molecular flexibility index (Phi) is 6.47. The highest BCUT2D eigenvalue weighted by Crippen LogP contribution is 2.25. The third-order valence-electron chi connectivity index (χ3n) is 3.85. The summed E-state index contributed by atoms with van der Waals surface area (Å²) >= 11 is 8.96. The Morgan fingerprint density at radius 3 is 2.63 bits per heavy atom. The highest BCUT2D eigenvalue weighted by Gasteiger charge is 2.10. The zero-order valence-electron chi connectivity index (χ0n) is 15.2. The molecule has 0 amide bonds. The molecule has 140 valence electrons. The zero-order chi connectivity index (χ0) is 19.2. The van der Waals surface area contributed by atoms with Crippen molar-refractivity contribution in [3.63, 3.8) is 0 Å². The molecule has 0 aliphatic carbocycles. The molecule has 0 radical (unpaired) electrons. The van der Waals surface area contributed by atoms with E-state index in [1.54, 1.807) is 0 Å². The number of nitrogens with zero attached hydrogens (tertiary/aromatic N) is 2. The van der Waals surface area contributed by atoms with Gasteiger partial charge in [0.05, 0.1) is 23.3 Å². The number of rotatable bonds is 6. The number of ether oxygens (including phenoxy) is 1. The van der Waals surface area contributed by atoms with Gasteiger partial charge in [0, 0.05) is 6.20 Å². The molecule has 0 aliphatic heterocycles. The van der Waals surface area contributed by atoms with Crippen LogP contribution in [0.25, 0.3) is 0 Å². The first kappa shape index (κ1) is 19.4. The molecule has 27 heavy (non-hydrogen) atoms. The van der Waals surface area contributed by atoms with Gasteiger partial charge in [0.2, 0.25) is 0 Å². The predicted molar refractivity (Wildman–Crippen MR) is 118 cm³/mol. The third-order valence-corrected chi connectivity index (χ3v) is 4.63. The van der Waals surface area contributed by atoms with Gasteiger partial charge in [-0.1, -0.05) is 42.0 Å². The van der Waals surface area contributed by atoms with Crippen molar-refractivity contribution in [1.29, 1.82) is 0 Å². The minimum absolute atomic E-state index is 0.448. The van der Waals surface area contributed by atoms with Crippen molar-refractivity contribution in [2.75, 3.05) is 17.2 Å². The maximum absolute atomic E-state index is 5.61. The van der Waals surface area contributed by atoms with Gasteiger partial charge in [-0.25, -0.2) is 0 Å². The second kappa shape index (κ2) is 9.01. The van der Waals surface area contributed by atoms with Crippen molar-refractivity contribution in [3.8, 4) is 5.75 Å². The SMILES string of the molecule is CCOc1ccccc1NC(=S)Nc1nn(Cc2ccc(C)cc2)cc1Br. The molecular formula is C20H21BrN4OS. The standard InChI is InChI=1S/C20H21BrN4OS/c1-3-26-18-7-5-4-6-17(18)22-20(27)23-19-16(21)13-25(24-19)12-15-10-8-14(2)9-11-15/h4-11,13H,3,12H2,1-2H3,(H2,22,23,24,27). The zero-order valence-corrected chi connectivity index (χ0v) is 17.6. The maximum atomic E-state index is 5.61. The van der Waals surface area contributed by atoms with Crippen LogP contribution >= 0.6 is 28.1 Å². The Hall–Kier alpha value is -2.38. The lowest BCUT2D eigenvalue weighted by Crippen LogP contribution is -2.20. The van der Waals surface area contributed by atoms with E-state index in [1.165, 1.54) is 11.1 Å². The van der Waals surface area contributed by atoms with Crippen molar-refractivity contribution < 1.29 is 4.74 Å². The number of hydrogen-bond acceptors (Lipinski definition) is 3. The number of para-hydroxylation sites is 2. The van der Waals surface area contributed by atoms with Crippen LogP contribution in [0.2, 0.25) is 0 Å². The smallest absolute Gasteiger partial charge is 0.176 e. The Morgan fingerprint density at radius 2 is 1.89 bits per heavy atom. The van der Waals surface area contributed by atoms with E-state index in [0.29, 0.717) is 24.1 Å². The van der Waals surface area contributed by atoms with Crippen molar-refractivity contribution in [2.24, 2.45) is 0 Å². The summed E-state index contributed by atoms with van der Waals surface area (Å²) in [7, 11) is 0. The van der Waals surface area contributed by atoms with Crippen LogP contribution in [0.5, 0.6) is 5.75 Å². The molecule has 3 aromatic rings. The third kappa shape index (κ3) is 5.30. The maximum Gasteiger partial charge on any atom is 0.176 e. The van der Waals surface area contributed by atoms with Crippen LogP contribution in [0.1, 0.15) is 18.1 Å². The number of aromatic nitrogens is 2. The first-order valence-electron chi connectivity index (χ1n) is 8.63. The second-order valence-electron chi connectivity index (χ2n) is 6.02. The van der Waals surface area contributed by atoms with E-state index in [1.807, 2.05) is 42.1 Å². The first-order chi connectivity index (χ1) is 13.0. The normalized spacial score (nSPS) is 10.5. The molecular weight excluding hydrogens is 424 g/mol. The molecule has 1 heterocycles. The summed E-state index contributed by atoms with van der Waals surface area (Å²) < 4.78 is 8.32. The van der Waals surface area contributed by atoms with Gasteiger partial charge in [-0.15, -0.1) is 0 Å². The largest absolute Gasteiger partial charge is 0.492 e. The molecule has 0 spiro atoms. The Bertz CT molecular complexity index is 924. The van der Waals surface area contributed by atoms with E-state index in [2.05, 4.69) is 62.9 Å². The Labute approximate surface area is 172 Å². The number of hydrogen-bond donors (Lipinski definition) is 2. The molecule has 5 nitrogen and oxygen atoms in total. The molecule has 7 heteroatoms. The van der Waals surface area contributed by atoms with Gasteiger partial charge in [-0.3, -0.25) is 4.68 Å². The van der Waals surface area contributed by atoms with Crippen molar-refractivity contribution in [3.05, 3.63) is 70.3 Å². The number of thiocarbonyl (C=S) groups is 1. The van der Waals surface area contributed by atoms with Gasteiger partial charge >= 0.3 is 0 Å². The van der Waals surface area contributed by atoms with E-state index in [0.717, 1.165) is 15.9 Å².